The Morgan fingerprint density at radius 1 is 1.05 bits per heavy atom. The average Bonchev–Trinajstić information content (AvgIpc) is 2.99. The maximum Gasteiger partial charge on any atom is 0.410 e. The van der Waals surface area contributed by atoms with E-state index in [0.29, 0.717) is 69.8 Å². The highest BCUT2D eigenvalue weighted by Gasteiger charge is 2.42. The minimum atomic E-state index is -0.709. The SMILES string of the molecule is CC(C)(C)OC(=O)N1CCC(CC(=O)N2CCN(C(=O)c3cc(CC4=NNC(=O)C5(C)CC=CC=C45)ccc3F)CC2)CC1. The third kappa shape index (κ3) is 6.87. The first-order valence-electron chi connectivity index (χ1n) is 15.4. The Hall–Kier alpha value is -4.02. The summed E-state index contributed by atoms with van der Waals surface area (Å²) in [6.45, 7) is 9.96. The van der Waals surface area contributed by atoms with Gasteiger partial charge in [-0.15, -0.1) is 0 Å². The van der Waals surface area contributed by atoms with Gasteiger partial charge in [0, 0.05) is 52.1 Å². The van der Waals surface area contributed by atoms with E-state index in [1.165, 1.54) is 6.07 Å². The van der Waals surface area contributed by atoms with E-state index in [0.717, 1.165) is 18.4 Å². The summed E-state index contributed by atoms with van der Waals surface area (Å²) in [7, 11) is 0. The Morgan fingerprint density at radius 3 is 2.41 bits per heavy atom. The molecule has 3 aliphatic heterocycles. The number of benzene rings is 1. The number of carbonyl (C=O) groups is 4. The number of fused-ring (bicyclic) bond motifs is 1. The van der Waals surface area contributed by atoms with Crippen LogP contribution in [0.25, 0.3) is 0 Å². The molecule has 1 N–H and O–H groups in total. The predicted octanol–water partition coefficient (Wildman–Crippen LogP) is 4.07. The van der Waals surface area contributed by atoms with E-state index in [9.17, 15) is 23.6 Å². The lowest BCUT2D eigenvalue weighted by atomic mass is 9.72. The summed E-state index contributed by atoms with van der Waals surface area (Å²) in [5, 5.41) is 4.28. The molecule has 10 nitrogen and oxygen atoms in total. The summed E-state index contributed by atoms with van der Waals surface area (Å²) in [5.74, 6) is -0.931. The first-order valence-corrected chi connectivity index (χ1v) is 15.4. The molecule has 1 aliphatic carbocycles. The van der Waals surface area contributed by atoms with Crippen LogP contribution in [0.1, 0.15) is 69.3 Å². The lowest BCUT2D eigenvalue weighted by Gasteiger charge is -2.37. The fraction of sp³-hybridized carbons (Fsp3) is 0.545. The van der Waals surface area contributed by atoms with Gasteiger partial charge in [-0.25, -0.2) is 14.6 Å². The molecule has 0 bridgehead atoms. The van der Waals surface area contributed by atoms with Crippen molar-refractivity contribution in [1.29, 1.82) is 0 Å². The van der Waals surface area contributed by atoms with Gasteiger partial charge in [-0.1, -0.05) is 24.3 Å². The van der Waals surface area contributed by atoms with Crippen molar-refractivity contribution in [3.63, 3.8) is 0 Å². The lowest BCUT2D eigenvalue weighted by Crippen LogP contribution is -2.51. The monoisotopic (exact) mass is 607 g/mol. The van der Waals surface area contributed by atoms with E-state index in [1.807, 2.05) is 45.9 Å². The lowest BCUT2D eigenvalue weighted by molar-refractivity contribution is -0.134. The molecule has 5 rings (SSSR count). The van der Waals surface area contributed by atoms with Crippen LogP contribution in [-0.4, -0.2) is 89.1 Å². The molecule has 2 fully saturated rings. The first kappa shape index (κ1) is 31.4. The zero-order valence-electron chi connectivity index (χ0n) is 26.0. The molecule has 1 atom stereocenters. The van der Waals surface area contributed by atoms with Gasteiger partial charge in [0.25, 0.3) is 11.8 Å². The summed E-state index contributed by atoms with van der Waals surface area (Å²) < 4.78 is 20.4. The molecule has 0 radical (unpaired) electrons. The number of hydrogen-bond donors (Lipinski definition) is 1. The third-order valence-electron chi connectivity index (χ3n) is 8.91. The van der Waals surface area contributed by atoms with E-state index >= 15 is 0 Å². The number of carbonyl (C=O) groups excluding carboxylic acids is 4. The van der Waals surface area contributed by atoms with Gasteiger partial charge in [0.1, 0.15) is 11.4 Å². The zero-order valence-corrected chi connectivity index (χ0v) is 26.0. The molecule has 1 aromatic carbocycles. The summed E-state index contributed by atoms with van der Waals surface area (Å²) in [4.78, 5) is 56.4. The second kappa shape index (κ2) is 12.5. The van der Waals surface area contributed by atoms with Crippen LogP contribution in [-0.2, 0) is 20.7 Å². The number of allylic oxidation sites excluding steroid dienone is 3. The van der Waals surface area contributed by atoms with Gasteiger partial charge < -0.3 is 19.4 Å². The van der Waals surface area contributed by atoms with Crippen LogP contribution in [0.4, 0.5) is 9.18 Å². The smallest absolute Gasteiger partial charge is 0.410 e. The number of nitrogens with zero attached hydrogens (tertiary/aromatic N) is 4. The molecule has 236 valence electrons. The van der Waals surface area contributed by atoms with Gasteiger partial charge in [-0.05, 0) is 76.1 Å². The highest BCUT2D eigenvalue weighted by Crippen LogP contribution is 2.38. The van der Waals surface area contributed by atoms with Gasteiger partial charge >= 0.3 is 6.09 Å². The molecule has 1 unspecified atom stereocenters. The van der Waals surface area contributed by atoms with E-state index in [4.69, 9.17) is 4.74 Å². The van der Waals surface area contributed by atoms with Crippen molar-refractivity contribution in [2.75, 3.05) is 39.3 Å². The molecule has 0 saturated carbocycles. The fourth-order valence-electron chi connectivity index (χ4n) is 6.22. The largest absolute Gasteiger partial charge is 0.444 e. The number of piperazine rings is 1. The van der Waals surface area contributed by atoms with Crippen molar-refractivity contribution in [3.8, 4) is 0 Å². The fourth-order valence-corrected chi connectivity index (χ4v) is 6.22. The second-order valence-electron chi connectivity index (χ2n) is 13.3. The first-order chi connectivity index (χ1) is 20.8. The maximum atomic E-state index is 14.9. The number of hydrazone groups is 1. The van der Waals surface area contributed by atoms with Gasteiger partial charge in [-0.2, -0.15) is 5.10 Å². The number of amides is 4. The minimum absolute atomic E-state index is 0.0141. The molecule has 11 heteroatoms. The van der Waals surface area contributed by atoms with Crippen LogP contribution in [0, 0.1) is 17.2 Å². The summed E-state index contributed by atoms with van der Waals surface area (Å²) >= 11 is 0. The highest BCUT2D eigenvalue weighted by molar-refractivity contribution is 6.11. The number of rotatable bonds is 5. The molecule has 0 aromatic heterocycles. The molecule has 4 aliphatic rings. The van der Waals surface area contributed by atoms with Crippen LogP contribution in [0.2, 0.25) is 0 Å². The topological polar surface area (TPSA) is 112 Å². The molecule has 3 heterocycles. The zero-order chi connectivity index (χ0) is 31.6. The molecule has 0 spiro atoms. The van der Waals surface area contributed by atoms with Crippen molar-refractivity contribution in [3.05, 3.63) is 58.9 Å². The molecule has 1 aromatic rings. The highest BCUT2D eigenvalue weighted by atomic mass is 19.1. The number of likely N-dealkylation sites (tertiary alicyclic amines) is 1. The Labute approximate surface area is 258 Å². The number of nitrogens with one attached hydrogen (secondary N) is 1. The number of piperidine rings is 1. The Balaban J connectivity index is 1.13. The molecule has 4 amide bonds. The Morgan fingerprint density at radius 2 is 1.73 bits per heavy atom. The van der Waals surface area contributed by atoms with Crippen LogP contribution < -0.4 is 5.43 Å². The standard InChI is InChI=1S/C33H42FN5O5/c1-32(2,3)44-31(43)39-13-10-22(11-14-39)21-28(40)37-15-17-38(18-16-37)29(41)24-19-23(8-9-26(24)34)20-27-25-7-5-6-12-33(25,4)30(42)36-35-27/h5-9,19,22H,10-18,20-21H2,1-4H3,(H,36,42). The van der Waals surface area contributed by atoms with Gasteiger partial charge in [0.05, 0.1) is 16.7 Å². The number of halogens is 1. The summed E-state index contributed by atoms with van der Waals surface area (Å²) in [5.41, 5.74) is 3.58. The van der Waals surface area contributed by atoms with E-state index in [2.05, 4.69) is 10.5 Å². The normalized spacial score (nSPS) is 22.6. The van der Waals surface area contributed by atoms with Crippen molar-refractivity contribution in [2.45, 2.75) is 65.4 Å². The van der Waals surface area contributed by atoms with Crippen LogP contribution in [0.3, 0.4) is 0 Å². The average molecular weight is 608 g/mol. The molecular formula is C33H42FN5O5. The molecule has 44 heavy (non-hydrogen) atoms. The van der Waals surface area contributed by atoms with Gasteiger partial charge in [-0.3, -0.25) is 14.4 Å². The minimum Gasteiger partial charge on any atom is -0.444 e. The van der Waals surface area contributed by atoms with Crippen molar-refractivity contribution in [2.24, 2.45) is 16.4 Å². The van der Waals surface area contributed by atoms with Crippen LogP contribution in [0.15, 0.2) is 47.1 Å². The maximum absolute atomic E-state index is 14.9. The molecular weight excluding hydrogens is 565 g/mol. The molecule has 2 saturated heterocycles. The summed E-state index contributed by atoms with van der Waals surface area (Å²) in [6.07, 6.45) is 8.23. The Bertz CT molecular complexity index is 1410. The van der Waals surface area contributed by atoms with Gasteiger partial charge in [0.15, 0.2) is 0 Å². The summed E-state index contributed by atoms with van der Waals surface area (Å²) in [6, 6.07) is 4.50. The van der Waals surface area contributed by atoms with Crippen LogP contribution >= 0.6 is 0 Å². The van der Waals surface area contributed by atoms with E-state index < -0.39 is 22.7 Å². The quantitative estimate of drug-likeness (QED) is 0.543. The van der Waals surface area contributed by atoms with Crippen molar-refractivity contribution >= 4 is 29.5 Å². The van der Waals surface area contributed by atoms with Crippen molar-refractivity contribution in [1.82, 2.24) is 20.1 Å². The van der Waals surface area contributed by atoms with Crippen molar-refractivity contribution < 1.29 is 28.3 Å². The van der Waals surface area contributed by atoms with E-state index in [1.54, 1.807) is 26.8 Å². The Kier molecular flexibility index (Phi) is 8.95. The number of ether oxygens (including phenoxy) is 1. The van der Waals surface area contributed by atoms with Crippen LogP contribution in [0.5, 0.6) is 0 Å². The predicted molar refractivity (Wildman–Crippen MR) is 163 cm³/mol. The second-order valence-corrected chi connectivity index (χ2v) is 13.3. The number of hydrogen-bond acceptors (Lipinski definition) is 6. The van der Waals surface area contributed by atoms with Gasteiger partial charge in [0.2, 0.25) is 5.91 Å². The third-order valence-corrected chi connectivity index (χ3v) is 8.91. The van der Waals surface area contributed by atoms with E-state index in [-0.39, 0.29) is 29.4 Å².